The van der Waals surface area contributed by atoms with Crippen LogP contribution in [0.5, 0.6) is 0 Å². The summed E-state index contributed by atoms with van der Waals surface area (Å²) >= 11 is 6.57. The van der Waals surface area contributed by atoms with Crippen LogP contribution in [0.1, 0.15) is 5.56 Å². The van der Waals surface area contributed by atoms with Gasteiger partial charge in [0.05, 0.1) is 5.56 Å². The van der Waals surface area contributed by atoms with E-state index in [-0.39, 0.29) is 15.3 Å². The van der Waals surface area contributed by atoms with Crippen molar-refractivity contribution in [3.63, 3.8) is 0 Å². The van der Waals surface area contributed by atoms with Crippen molar-refractivity contribution in [2.75, 3.05) is 17.3 Å². The Labute approximate surface area is 126 Å². The Morgan fingerprint density at radius 2 is 2.10 bits per heavy atom. The third-order valence-electron chi connectivity index (χ3n) is 2.42. The Hall–Kier alpha value is -1.87. The van der Waals surface area contributed by atoms with Crippen molar-refractivity contribution < 1.29 is 18.0 Å². The molecule has 0 saturated heterocycles. The van der Waals surface area contributed by atoms with Crippen LogP contribution in [0, 0.1) is 0 Å². The van der Waals surface area contributed by atoms with Crippen LogP contribution < -0.4 is 10.2 Å². The number of carbonyl (C=O) groups excluding carboxylic acids is 1. The Kier molecular flexibility index (Phi) is 4.33. The molecule has 0 fully saturated rings. The third-order valence-corrected chi connectivity index (χ3v) is 3.52. The molecule has 1 aromatic carbocycles. The predicted molar refractivity (Wildman–Crippen MR) is 73.8 cm³/mol. The number of amides is 2. The van der Waals surface area contributed by atoms with Crippen molar-refractivity contribution in [1.82, 2.24) is 10.2 Å². The molecule has 2 aromatic rings. The van der Waals surface area contributed by atoms with Crippen LogP contribution in [-0.4, -0.2) is 23.3 Å². The highest BCUT2D eigenvalue weighted by Crippen LogP contribution is 2.31. The molecule has 0 unspecified atom stereocenters. The first-order valence-corrected chi connectivity index (χ1v) is 6.68. The van der Waals surface area contributed by atoms with E-state index >= 15 is 0 Å². The van der Waals surface area contributed by atoms with Gasteiger partial charge in [0.1, 0.15) is 0 Å². The second-order valence-electron chi connectivity index (χ2n) is 3.91. The van der Waals surface area contributed by atoms with Crippen LogP contribution in [0.4, 0.5) is 28.8 Å². The lowest BCUT2D eigenvalue weighted by atomic mass is 10.2. The van der Waals surface area contributed by atoms with Gasteiger partial charge in [-0.25, -0.2) is 4.79 Å². The highest BCUT2D eigenvalue weighted by Gasteiger charge is 2.30. The van der Waals surface area contributed by atoms with Crippen LogP contribution in [0.3, 0.4) is 0 Å². The molecule has 0 aliphatic heterocycles. The third kappa shape index (κ3) is 3.82. The first-order chi connectivity index (χ1) is 9.77. The van der Waals surface area contributed by atoms with Gasteiger partial charge in [-0.05, 0) is 29.8 Å². The topological polar surface area (TPSA) is 58.1 Å². The summed E-state index contributed by atoms with van der Waals surface area (Å²) in [6, 6.07) is 3.68. The normalized spacial score (nSPS) is 11.3. The summed E-state index contributed by atoms with van der Waals surface area (Å²) in [6.45, 7) is 0. The second kappa shape index (κ2) is 5.86. The number of rotatable bonds is 2. The molecule has 1 N–H and O–H groups in total. The molecule has 112 valence electrons. The number of urea groups is 1. The Bertz CT molecular complexity index is 661. The molecule has 0 saturated carbocycles. The second-order valence-corrected chi connectivity index (χ2v) is 5.44. The number of carbonyl (C=O) groups is 1. The minimum atomic E-state index is -4.47. The minimum Gasteiger partial charge on any atom is -0.307 e. The smallest absolute Gasteiger partial charge is 0.307 e. The predicted octanol–water partition coefficient (Wildman–Crippen LogP) is 3.88. The summed E-state index contributed by atoms with van der Waals surface area (Å²) in [4.78, 5) is 13.0. The minimum absolute atomic E-state index is 0.0253. The molecule has 21 heavy (non-hydrogen) atoms. The fourth-order valence-corrected chi connectivity index (χ4v) is 2.18. The highest BCUT2D eigenvalue weighted by molar-refractivity contribution is 7.19. The molecule has 2 rings (SSSR count). The van der Waals surface area contributed by atoms with Crippen molar-refractivity contribution >= 4 is 39.8 Å². The van der Waals surface area contributed by atoms with Crippen molar-refractivity contribution in [2.24, 2.45) is 0 Å². The zero-order valence-electron chi connectivity index (χ0n) is 10.5. The number of aromatic nitrogens is 2. The monoisotopic (exact) mass is 336 g/mol. The van der Waals surface area contributed by atoms with Gasteiger partial charge in [0, 0.05) is 12.7 Å². The van der Waals surface area contributed by atoms with Gasteiger partial charge in [-0.3, -0.25) is 4.90 Å². The Balaban J connectivity index is 2.13. The van der Waals surface area contributed by atoms with Crippen LogP contribution in [0.25, 0.3) is 0 Å². The SMILES string of the molecule is CN(C(=O)Nc1cccc(C(F)(F)F)c1)c1nnc(Cl)s1. The molecule has 10 heteroatoms. The van der Waals surface area contributed by atoms with Gasteiger partial charge in [-0.15, -0.1) is 10.2 Å². The molecule has 0 aliphatic carbocycles. The summed E-state index contributed by atoms with van der Waals surface area (Å²) in [6.07, 6.45) is -4.47. The number of nitrogens with zero attached hydrogens (tertiary/aromatic N) is 3. The van der Waals surface area contributed by atoms with Gasteiger partial charge in [0.2, 0.25) is 9.60 Å². The van der Waals surface area contributed by atoms with Gasteiger partial charge in [0.25, 0.3) is 0 Å². The first-order valence-electron chi connectivity index (χ1n) is 5.48. The Morgan fingerprint density at radius 3 is 2.67 bits per heavy atom. The lowest BCUT2D eigenvalue weighted by Crippen LogP contribution is -2.31. The van der Waals surface area contributed by atoms with E-state index in [4.69, 9.17) is 11.6 Å². The largest absolute Gasteiger partial charge is 0.416 e. The maximum Gasteiger partial charge on any atom is 0.416 e. The van der Waals surface area contributed by atoms with Crippen molar-refractivity contribution in [1.29, 1.82) is 0 Å². The van der Waals surface area contributed by atoms with E-state index in [9.17, 15) is 18.0 Å². The van der Waals surface area contributed by atoms with Gasteiger partial charge in [-0.2, -0.15) is 13.2 Å². The maximum absolute atomic E-state index is 12.6. The van der Waals surface area contributed by atoms with Gasteiger partial charge in [-0.1, -0.05) is 17.4 Å². The zero-order chi connectivity index (χ0) is 15.6. The quantitative estimate of drug-likeness (QED) is 0.905. The van der Waals surface area contributed by atoms with E-state index in [0.29, 0.717) is 0 Å². The summed E-state index contributed by atoms with van der Waals surface area (Å²) in [5.74, 6) is 0. The van der Waals surface area contributed by atoms with Crippen LogP contribution in [-0.2, 0) is 6.18 Å². The van der Waals surface area contributed by atoms with Crippen molar-refractivity contribution in [3.05, 3.63) is 34.3 Å². The summed E-state index contributed by atoms with van der Waals surface area (Å²) in [5, 5.41) is 9.77. The molecule has 1 aromatic heterocycles. The number of nitrogens with one attached hydrogen (secondary N) is 1. The number of benzene rings is 1. The summed E-state index contributed by atoms with van der Waals surface area (Å²) < 4.78 is 37.9. The number of halogens is 4. The van der Waals surface area contributed by atoms with Crippen LogP contribution >= 0.6 is 22.9 Å². The summed E-state index contributed by atoms with van der Waals surface area (Å²) in [7, 11) is 1.40. The van der Waals surface area contributed by atoms with Gasteiger partial charge in [0.15, 0.2) is 0 Å². The molecular weight excluding hydrogens is 329 g/mol. The molecule has 0 atom stereocenters. The molecule has 1 heterocycles. The zero-order valence-corrected chi connectivity index (χ0v) is 12.1. The fourth-order valence-electron chi connectivity index (χ4n) is 1.40. The number of hydrogen-bond donors (Lipinski definition) is 1. The fraction of sp³-hybridized carbons (Fsp3) is 0.182. The van der Waals surface area contributed by atoms with E-state index in [0.717, 1.165) is 28.4 Å². The summed E-state index contributed by atoms with van der Waals surface area (Å²) in [5.41, 5.74) is -0.820. The van der Waals surface area contributed by atoms with Gasteiger partial charge < -0.3 is 5.32 Å². The molecule has 0 bridgehead atoms. The average Bonchev–Trinajstić information content (AvgIpc) is 2.84. The molecule has 0 spiro atoms. The van der Waals surface area contributed by atoms with E-state index < -0.39 is 17.8 Å². The molecule has 2 amide bonds. The van der Waals surface area contributed by atoms with Crippen LogP contribution in [0.15, 0.2) is 24.3 Å². The van der Waals surface area contributed by atoms with Gasteiger partial charge >= 0.3 is 12.2 Å². The lowest BCUT2D eigenvalue weighted by molar-refractivity contribution is -0.137. The number of alkyl halides is 3. The molecule has 5 nitrogen and oxygen atoms in total. The first kappa shape index (κ1) is 15.5. The van der Waals surface area contributed by atoms with E-state index in [1.807, 2.05) is 0 Å². The Morgan fingerprint density at radius 1 is 1.38 bits per heavy atom. The number of anilines is 2. The lowest BCUT2D eigenvalue weighted by Gasteiger charge is -2.15. The number of hydrogen-bond acceptors (Lipinski definition) is 4. The van der Waals surface area contributed by atoms with E-state index in [1.54, 1.807) is 0 Å². The van der Waals surface area contributed by atoms with Crippen molar-refractivity contribution in [2.45, 2.75) is 6.18 Å². The van der Waals surface area contributed by atoms with Crippen molar-refractivity contribution in [3.8, 4) is 0 Å². The average molecular weight is 337 g/mol. The standard InChI is InChI=1S/C11H8ClF3N4OS/c1-19(10-18-17-8(12)21-10)9(20)16-7-4-2-3-6(5-7)11(13,14)15/h2-5H,1H3,(H,16,20). The van der Waals surface area contributed by atoms with Crippen LogP contribution in [0.2, 0.25) is 4.47 Å². The van der Waals surface area contributed by atoms with E-state index in [1.165, 1.54) is 19.2 Å². The molecular formula is C11H8ClF3N4OS. The maximum atomic E-state index is 12.6. The molecule has 0 radical (unpaired) electrons. The highest BCUT2D eigenvalue weighted by atomic mass is 35.5. The van der Waals surface area contributed by atoms with E-state index in [2.05, 4.69) is 15.5 Å². The molecule has 0 aliphatic rings.